The maximum absolute atomic E-state index is 11.1. The molecule has 0 amide bonds. The van der Waals surface area contributed by atoms with Gasteiger partial charge in [0.2, 0.25) is 0 Å². The second kappa shape index (κ2) is 3.48. The molecule has 1 aliphatic carbocycles. The predicted octanol–water partition coefficient (Wildman–Crippen LogP) is 1.81. The van der Waals surface area contributed by atoms with Gasteiger partial charge in [-0.3, -0.25) is 9.59 Å². The first-order valence-corrected chi connectivity index (χ1v) is 4.04. The number of carbonyl (C=O) groups excluding carboxylic acids is 2. The molecule has 0 saturated carbocycles. The molecule has 0 aromatic heterocycles. The van der Waals surface area contributed by atoms with Crippen LogP contribution in [0.2, 0.25) is 0 Å². The number of hydrogen-bond donors (Lipinski definition) is 0. The minimum Gasteiger partial charge on any atom is -0.295 e. The van der Waals surface area contributed by atoms with Crippen molar-refractivity contribution < 1.29 is 9.59 Å². The van der Waals surface area contributed by atoms with Gasteiger partial charge in [-0.15, -0.1) is 0 Å². The lowest BCUT2D eigenvalue weighted by atomic mass is 9.93. The van der Waals surface area contributed by atoms with Crippen LogP contribution in [-0.4, -0.2) is 11.6 Å². The molecule has 0 bridgehead atoms. The topological polar surface area (TPSA) is 34.1 Å². The second-order valence-corrected chi connectivity index (χ2v) is 2.95. The largest absolute Gasteiger partial charge is 0.295 e. The number of Topliss-reactive ketones (excluding diaryl/α,β-unsaturated/α-hetero) is 2. The van der Waals surface area contributed by atoms with Gasteiger partial charge in [0, 0.05) is 11.1 Å². The van der Waals surface area contributed by atoms with Crippen LogP contribution in [0.4, 0.5) is 0 Å². The van der Waals surface area contributed by atoms with E-state index in [2.05, 4.69) is 0 Å². The van der Waals surface area contributed by atoms with Gasteiger partial charge in [0.05, 0.1) is 0 Å². The SMILES string of the molecule is CC(=O)C1=C(C(C)=O)CCC=C1. The summed E-state index contributed by atoms with van der Waals surface area (Å²) in [6, 6.07) is 0. The number of carbonyl (C=O) groups is 2. The van der Waals surface area contributed by atoms with E-state index in [1.165, 1.54) is 13.8 Å². The van der Waals surface area contributed by atoms with E-state index in [0.29, 0.717) is 17.6 Å². The molecule has 0 atom stereocenters. The van der Waals surface area contributed by atoms with Crippen molar-refractivity contribution in [1.82, 2.24) is 0 Å². The zero-order valence-corrected chi connectivity index (χ0v) is 7.39. The monoisotopic (exact) mass is 164 g/mol. The van der Waals surface area contributed by atoms with Crippen LogP contribution in [0.5, 0.6) is 0 Å². The minimum atomic E-state index is -0.0175. The van der Waals surface area contributed by atoms with Gasteiger partial charge in [0.1, 0.15) is 0 Å². The molecular weight excluding hydrogens is 152 g/mol. The van der Waals surface area contributed by atoms with Crippen molar-refractivity contribution in [2.45, 2.75) is 26.7 Å². The first kappa shape index (κ1) is 8.91. The fourth-order valence-corrected chi connectivity index (χ4v) is 1.36. The molecule has 0 unspecified atom stereocenters. The molecule has 2 heteroatoms. The molecule has 0 fully saturated rings. The third-order valence-electron chi connectivity index (χ3n) is 1.97. The summed E-state index contributed by atoms with van der Waals surface area (Å²) in [6.45, 7) is 3.01. The molecule has 0 heterocycles. The highest BCUT2D eigenvalue weighted by atomic mass is 16.1. The molecule has 0 aromatic rings. The van der Waals surface area contributed by atoms with Crippen molar-refractivity contribution in [2.75, 3.05) is 0 Å². The van der Waals surface area contributed by atoms with Crippen LogP contribution in [0.25, 0.3) is 0 Å². The van der Waals surface area contributed by atoms with Gasteiger partial charge in [-0.1, -0.05) is 12.2 Å². The third kappa shape index (κ3) is 1.70. The molecule has 1 rings (SSSR count). The van der Waals surface area contributed by atoms with E-state index in [9.17, 15) is 9.59 Å². The van der Waals surface area contributed by atoms with Crippen molar-refractivity contribution >= 4 is 11.6 Å². The van der Waals surface area contributed by atoms with Crippen LogP contribution < -0.4 is 0 Å². The maximum atomic E-state index is 11.1. The Morgan fingerprint density at radius 3 is 2.33 bits per heavy atom. The average Bonchev–Trinajstić information content (AvgIpc) is 2.04. The lowest BCUT2D eigenvalue weighted by Crippen LogP contribution is -2.08. The van der Waals surface area contributed by atoms with Crippen LogP contribution in [0.1, 0.15) is 26.7 Å². The second-order valence-electron chi connectivity index (χ2n) is 2.95. The van der Waals surface area contributed by atoms with Gasteiger partial charge in [0.15, 0.2) is 11.6 Å². The smallest absolute Gasteiger partial charge is 0.160 e. The summed E-state index contributed by atoms with van der Waals surface area (Å²) in [5.74, 6) is 0.000648. The average molecular weight is 164 g/mol. The fourth-order valence-electron chi connectivity index (χ4n) is 1.36. The summed E-state index contributed by atoms with van der Waals surface area (Å²) >= 11 is 0. The van der Waals surface area contributed by atoms with E-state index < -0.39 is 0 Å². The number of allylic oxidation sites excluding steroid dienone is 4. The van der Waals surface area contributed by atoms with Crippen LogP contribution in [-0.2, 0) is 9.59 Å². The van der Waals surface area contributed by atoms with Crippen LogP contribution in [0.15, 0.2) is 23.3 Å². The van der Waals surface area contributed by atoms with Gasteiger partial charge in [0.25, 0.3) is 0 Å². The van der Waals surface area contributed by atoms with Crippen molar-refractivity contribution in [3.63, 3.8) is 0 Å². The Hall–Kier alpha value is -1.18. The Kier molecular flexibility index (Phi) is 2.58. The maximum Gasteiger partial charge on any atom is 0.160 e. The van der Waals surface area contributed by atoms with Gasteiger partial charge in [-0.05, 0) is 26.7 Å². The summed E-state index contributed by atoms with van der Waals surface area (Å²) in [5.41, 5.74) is 1.28. The summed E-state index contributed by atoms with van der Waals surface area (Å²) in [4.78, 5) is 22.1. The van der Waals surface area contributed by atoms with E-state index in [1.807, 2.05) is 6.08 Å². The van der Waals surface area contributed by atoms with Crippen molar-refractivity contribution in [2.24, 2.45) is 0 Å². The van der Waals surface area contributed by atoms with Gasteiger partial charge in [-0.2, -0.15) is 0 Å². The molecule has 1 aliphatic rings. The predicted molar refractivity (Wildman–Crippen MR) is 46.8 cm³/mol. The van der Waals surface area contributed by atoms with E-state index >= 15 is 0 Å². The van der Waals surface area contributed by atoms with Crippen molar-refractivity contribution in [1.29, 1.82) is 0 Å². The summed E-state index contributed by atoms with van der Waals surface area (Å²) < 4.78 is 0. The van der Waals surface area contributed by atoms with E-state index in [0.717, 1.165) is 6.42 Å². The summed E-state index contributed by atoms with van der Waals surface area (Å²) in [6.07, 6.45) is 5.26. The molecule has 0 aliphatic heterocycles. The van der Waals surface area contributed by atoms with E-state index in [-0.39, 0.29) is 11.6 Å². The van der Waals surface area contributed by atoms with Crippen molar-refractivity contribution in [3.8, 4) is 0 Å². The summed E-state index contributed by atoms with van der Waals surface area (Å²) in [7, 11) is 0. The highest BCUT2D eigenvalue weighted by Crippen LogP contribution is 2.20. The molecule has 2 nitrogen and oxygen atoms in total. The van der Waals surface area contributed by atoms with E-state index in [1.54, 1.807) is 6.08 Å². The van der Waals surface area contributed by atoms with Crippen molar-refractivity contribution in [3.05, 3.63) is 23.3 Å². The Bertz CT molecular complexity index is 282. The van der Waals surface area contributed by atoms with E-state index in [4.69, 9.17) is 0 Å². The lowest BCUT2D eigenvalue weighted by Gasteiger charge is -2.10. The first-order valence-electron chi connectivity index (χ1n) is 4.04. The number of ketones is 2. The fraction of sp³-hybridized carbons (Fsp3) is 0.400. The Balaban J connectivity index is 3.08. The Morgan fingerprint density at radius 2 is 1.92 bits per heavy atom. The molecule has 0 saturated heterocycles. The lowest BCUT2D eigenvalue weighted by molar-refractivity contribution is -0.116. The standard InChI is InChI=1S/C10H12O2/c1-7(11)9-5-3-4-6-10(9)8(2)12/h3,5H,4,6H2,1-2H3. The van der Waals surface area contributed by atoms with Crippen LogP contribution >= 0.6 is 0 Å². The zero-order valence-electron chi connectivity index (χ0n) is 7.39. The highest BCUT2D eigenvalue weighted by Gasteiger charge is 2.14. The van der Waals surface area contributed by atoms with Gasteiger partial charge in [-0.25, -0.2) is 0 Å². The minimum absolute atomic E-state index is 0.0175. The zero-order chi connectivity index (χ0) is 9.14. The molecular formula is C10H12O2. The Labute approximate surface area is 72.0 Å². The molecule has 0 N–H and O–H groups in total. The molecule has 0 aromatic carbocycles. The molecule has 0 radical (unpaired) electrons. The first-order chi connectivity index (χ1) is 5.63. The quantitative estimate of drug-likeness (QED) is 0.623. The molecule has 12 heavy (non-hydrogen) atoms. The molecule has 0 spiro atoms. The Morgan fingerprint density at radius 1 is 1.25 bits per heavy atom. The van der Waals surface area contributed by atoms with Gasteiger partial charge < -0.3 is 0 Å². The van der Waals surface area contributed by atoms with Crippen LogP contribution in [0, 0.1) is 0 Å². The summed E-state index contributed by atoms with van der Waals surface area (Å²) in [5, 5.41) is 0. The molecule has 64 valence electrons. The van der Waals surface area contributed by atoms with Crippen LogP contribution in [0.3, 0.4) is 0 Å². The normalized spacial score (nSPS) is 16.5. The highest BCUT2D eigenvalue weighted by molar-refractivity contribution is 6.06. The van der Waals surface area contributed by atoms with Gasteiger partial charge >= 0.3 is 0 Å². The number of hydrogen-bond acceptors (Lipinski definition) is 2. The third-order valence-corrected chi connectivity index (χ3v) is 1.97. The number of rotatable bonds is 2.